The molecule has 0 aliphatic rings. The second-order valence-corrected chi connectivity index (χ2v) is 6.03. The molecule has 2 N–H and O–H groups in total. The van der Waals surface area contributed by atoms with E-state index in [0.29, 0.717) is 11.1 Å². The zero-order chi connectivity index (χ0) is 17.1. The monoisotopic (exact) mass is 318 g/mol. The van der Waals surface area contributed by atoms with Gasteiger partial charge in [0.15, 0.2) is 0 Å². The van der Waals surface area contributed by atoms with Crippen molar-refractivity contribution in [2.45, 2.75) is 19.9 Å². The van der Waals surface area contributed by atoms with Gasteiger partial charge >= 0.3 is 0 Å². The van der Waals surface area contributed by atoms with Gasteiger partial charge in [0, 0.05) is 5.56 Å². The van der Waals surface area contributed by atoms with E-state index in [2.05, 4.69) is 15.3 Å². The summed E-state index contributed by atoms with van der Waals surface area (Å²) >= 11 is 0. The number of nitrogens with one attached hydrogen (secondary N) is 2. The lowest BCUT2D eigenvalue weighted by Crippen LogP contribution is -2.32. The number of para-hydroxylation sites is 2. The van der Waals surface area contributed by atoms with Crippen LogP contribution in [-0.4, -0.2) is 15.9 Å². The van der Waals surface area contributed by atoms with Gasteiger partial charge in [-0.1, -0.05) is 32.0 Å². The predicted octanol–water partition coefficient (Wildman–Crippen LogP) is 3.56. The van der Waals surface area contributed by atoms with Gasteiger partial charge in [0.25, 0.3) is 5.91 Å². The SMILES string of the molecule is CC(C)[C@H](NC(=O)c1cccc(C#N)c1)c1nc2ccccc2[nH]1. The zero-order valence-corrected chi connectivity index (χ0v) is 13.6. The molecule has 0 radical (unpaired) electrons. The van der Waals surface area contributed by atoms with Crippen LogP contribution in [0.4, 0.5) is 0 Å². The number of H-pyrrole nitrogens is 1. The zero-order valence-electron chi connectivity index (χ0n) is 13.6. The highest BCUT2D eigenvalue weighted by Gasteiger charge is 2.22. The molecular weight excluding hydrogens is 300 g/mol. The van der Waals surface area contributed by atoms with Crippen molar-refractivity contribution in [3.05, 3.63) is 65.5 Å². The molecule has 2 aromatic carbocycles. The van der Waals surface area contributed by atoms with Gasteiger partial charge < -0.3 is 10.3 Å². The van der Waals surface area contributed by atoms with E-state index in [1.807, 2.05) is 44.2 Å². The fourth-order valence-corrected chi connectivity index (χ4v) is 2.63. The summed E-state index contributed by atoms with van der Waals surface area (Å²) in [4.78, 5) is 20.4. The summed E-state index contributed by atoms with van der Waals surface area (Å²) < 4.78 is 0. The Labute approximate surface area is 140 Å². The Hall–Kier alpha value is -3.13. The van der Waals surface area contributed by atoms with Crippen molar-refractivity contribution >= 4 is 16.9 Å². The van der Waals surface area contributed by atoms with Gasteiger partial charge in [-0.05, 0) is 36.2 Å². The largest absolute Gasteiger partial charge is 0.342 e. The fraction of sp³-hybridized carbons (Fsp3) is 0.211. The third kappa shape index (κ3) is 3.13. The van der Waals surface area contributed by atoms with E-state index in [1.165, 1.54) is 0 Å². The number of carbonyl (C=O) groups excluding carboxylic acids is 1. The minimum Gasteiger partial charge on any atom is -0.342 e. The summed E-state index contributed by atoms with van der Waals surface area (Å²) in [6, 6.07) is 16.3. The van der Waals surface area contributed by atoms with Crippen molar-refractivity contribution in [1.82, 2.24) is 15.3 Å². The molecule has 0 saturated carbocycles. The second kappa shape index (κ2) is 6.55. The van der Waals surface area contributed by atoms with Crippen LogP contribution in [0.1, 0.15) is 41.6 Å². The van der Waals surface area contributed by atoms with E-state index in [0.717, 1.165) is 16.9 Å². The minimum absolute atomic E-state index is 0.161. The molecule has 5 nitrogen and oxygen atoms in total. The van der Waals surface area contributed by atoms with E-state index in [9.17, 15) is 4.79 Å². The first-order valence-electron chi connectivity index (χ1n) is 7.84. The van der Waals surface area contributed by atoms with Crippen LogP contribution in [0.15, 0.2) is 48.5 Å². The molecule has 1 atom stereocenters. The van der Waals surface area contributed by atoms with Gasteiger partial charge in [-0.3, -0.25) is 4.79 Å². The van der Waals surface area contributed by atoms with E-state index >= 15 is 0 Å². The number of hydrogen-bond donors (Lipinski definition) is 2. The third-order valence-corrected chi connectivity index (χ3v) is 3.91. The van der Waals surface area contributed by atoms with Crippen molar-refractivity contribution < 1.29 is 4.79 Å². The van der Waals surface area contributed by atoms with Crippen molar-refractivity contribution in [1.29, 1.82) is 5.26 Å². The number of aromatic amines is 1. The van der Waals surface area contributed by atoms with Crippen molar-refractivity contribution in [3.63, 3.8) is 0 Å². The van der Waals surface area contributed by atoms with Crippen LogP contribution in [0.5, 0.6) is 0 Å². The highest BCUT2D eigenvalue weighted by molar-refractivity contribution is 5.94. The average Bonchev–Trinajstić information content (AvgIpc) is 3.02. The molecule has 0 saturated heterocycles. The predicted molar refractivity (Wildman–Crippen MR) is 92.3 cm³/mol. The van der Waals surface area contributed by atoms with Crippen LogP contribution < -0.4 is 5.32 Å². The number of rotatable bonds is 4. The Bertz CT molecular complexity index is 887. The van der Waals surface area contributed by atoms with E-state index in [1.54, 1.807) is 24.3 Å². The Morgan fingerprint density at radius 1 is 1.21 bits per heavy atom. The molecule has 1 aromatic heterocycles. The van der Waals surface area contributed by atoms with Gasteiger partial charge in [0.1, 0.15) is 5.82 Å². The fourth-order valence-electron chi connectivity index (χ4n) is 2.63. The Balaban J connectivity index is 1.88. The molecule has 24 heavy (non-hydrogen) atoms. The Morgan fingerprint density at radius 3 is 2.71 bits per heavy atom. The van der Waals surface area contributed by atoms with Crippen LogP contribution >= 0.6 is 0 Å². The lowest BCUT2D eigenvalue weighted by molar-refractivity contribution is 0.0923. The van der Waals surface area contributed by atoms with Gasteiger partial charge in [0.2, 0.25) is 0 Å². The molecule has 0 fully saturated rings. The normalized spacial score (nSPS) is 12.1. The van der Waals surface area contributed by atoms with Gasteiger partial charge in [-0.2, -0.15) is 5.26 Å². The summed E-state index contributed by atoms with van der Waals surface area (Å²) in [7, 11) is 0. The number of aromatic nitrogens is 2. The number of amides is 1. The molecule has 0 aliphatic heterocycles. The molecule has 120 valence electrons. The topological polar surface area (TPSA) is 81.6 Å². The lowest BCUT2D eigenvalue weighted by atomic mass is 10.0. The van der Waals surface area contributed by atoms with Gasteiger partial charge in [-0.25, -0.2) is 4.98 Å². The molecule has 3 rings (SSSR count). The van der Waals surface area contributed by atoms with Crippen LogP contribution in [0.25, 0.3) is 11.0 Å². The highest BCUT2D eigenvalue weighted by atomic mass is 16.1. The maximum absolute atomic E-state index is 12.6. The highest BCUT2D eigenvalue weighted by Crippen LogP contribution is 2.22. The standard InChI is InChI=1S/C19H18N4O/c1-12(2)17(18-21-15-8-3-4-9-16(15)22-18)23-19(24)14-7-5-6-13(10-14)11-20/h3-10,12,17H,1-2H3,(H,21,22)(H,23,24)/t17-/m0/s1. The summed E-state index contributed by atoms with van der Waals surface area (Å²) in [5, 5.41) is 12.0. The number of benzene rings is 2. The number of imidazole rings is 1. The Kier molecular flexibility index (Phi) is 4.30. The summed E-state index contributed by atoms with van der Waals surface area (Å²) in [5.74, 6) is 0.677. The molecular formula is C19H18N4O. The number of hydrogen-bond acceptors (Lipinski definition) is 3. The van der Waals surface area contributed by atoms with Crippen LogP contribution in [0.2, 0.25) is 0 Å². The molecule has 1 heterocycles. The lowest BCUT2D eigenvalue weighted by Gasteiger charge is -2.20. The van der Waals surface area contributed by atoms with Crippen LogP contribution in [-0.2, 0) is 0 Å². The third-order valence-electron chi connectivity index (χ3n) is 3.91. The number of fused-ring (bicyclic) bond motifs is 1. The smallest absolute Gasteiger partial charge is 0.251 e. The van der Waals surface area contributed by atoms with Crippen molar-refractivity contribution in [3.8, 4) is 6.07 Å². The summed E-state index contributed by atoms with van der Waals surface area (Å²) in [5.41, 5.74) is 2.75. The first-order chi connectivity index (χ1) is 11.6. The summed E-state index contributed by atoms with van der Waals surface area (Å²) in [6.07, 6.45) is 0. The van der Waals surface area contributed by atoms with Crippen molar-refractivity contribution in [2.75, 3.05) is 0 Å². The minimum atomic E-state index is -0.240. The van der Waals surface area contributed by atoms with Gasteiger partial charge in [-0.15, -0.1) is 0 Å². The molecule has 0 bridgehead atoms. The average molecular weight is 318 g/mol. The second-order valence-electron chi connectivity index (χ2n) is 6.03. The molecule has 0 spiro atoms. The van der Waals surface area contributed by atoms with E-state index < -0.39 is 0 Å². The van der Waals surface area contributed by atoms with Gasteiger partial charge in [0.05, 0.1) is 28.7 Å². The quantitative estimate of drug-likeness (QED) is 0.771. The number of nitrogens with zero attached hydrogens (tertiary/aromatic N) is 2. The molecule has 0 unspecified atom stereocenters. The molecule has 3 aromatic rings. The van der Waals surface area contributed by atoms with Crippen LogP contribution in [0, 0.1) is 17.2 Å². The number of carbonyl (C=O) groups is 1. The molecule has 1 amide bonds. The number of nitriles is 1. The maximum Gasteiger partial charge on any atom is 0.251 e. The first kappa shape index (κ1) is 15.8. The molecule has 5 heteroatoms. The Morgan fingerprint density at radius 2 is 2.00 bits per heavy atom. The first-order valence-corrected chi connectivity index (χ1v) is 7.84. The summed E-state index contributed by atoms with van der Waals surface area (Å²) in [6.45, 7) is 4.06. The van der Waals surface area contributed by atoms with E-state index in [4.69, 9.17) is 5.26 Å². The van der Waals surface area contributed by atoms with Crippen molar-refractivity contribution in [2.24, 2.45) is 5.92 Å². The molecule has 0 aliphatic carbocycles. The van der Waals surface area contributed by atoms with Crippen LogP contribution in [0.3, 0.4) is 0 Å². The maximum atomic E-state index is 12.6. The van der Waals surface area contributed by atoms with E-state index in [-0.39, 0.29) is 17.9 Å².